The van der Waals surface area contributed by atoms with E-state index in [9.17, 15) is 14.4 Å². The van der Waals surface area contributed by atoms with Crippen molar-refractivity contribution in [2.75, 3.05) is 13.2 Å². The predicted octanol–water partition coefficient (Wildman–Crippen LogP) is 17.4. The third-order valence-corrected chi connectivity index (χ3v) is 11.0. The first-order valence-corrected chi connectivity index (χ1v) is 26.3. The van der Waals surface area contributed by atoms with Crippen LogP contribution in [-0.4, -0.2) is 37.2 Å². The topological polar surface area (TPSA) is 78.9 Å². The second-order valence-electron chi connectivity index (χ2n) is 17.2. The Morgan fingerprint density at radius 1 is 0.328 bits per heavy atom. The van der Waals surface area contributed by atoms with Crippen molar-refractivity contribution >= 4 is 17.9 Å². The van der Waals surface area contributed by atoms with Crippen LogP contribution in [0.3, 0.4) is 0 Å². The van der Waals surface area contributed by atoms with Crippen LogP contribution in [-0.2, 0) is 28.6 Å². The highest BCUT2D eigenvalue weighted by molar-refractivity contribution is 5.71. The Labute approximate surface area is 394 Å². The van der Waals surface area contributed by atoms with Gasteiger partial charge in [-0.1, -0.05) is 253 Å². The molecule has 0 heterocycles. The third-order valence-electron chi connectivity index (χ3n) is 11.0. The lowest BCUT2D eigenvalue weighted by Crippen LogP contribution is -2.30. The quantitative estimate of drug-likeness (QED) is 0.0262. The van der Waals surface area contributed by atoms with Crippen molar-refractivity contribution < 1.29 is 28.6 Å². The zero-order valence-electron chi connectivity index (χ0n) is 41.5. The smallest absolute Gasteiger partial charge is 0.306 e. The van der Waals surface area contributed by atoms with E-state index in [0.717, 1.165) is 96.3 Å². The third kappa shape index (κ3) is 49.3. The summed E-state index contributed by atoms with van der Waals surface area (Å²) in [5, 5.41) is 0. The molecule has 0 aromatic rings. The van der Waals surface area contributed by atoms with Crippen LogP contribution in [0.2, 0.25) is 0 Å². The molecule has 0 aliphatic carbocycles. The molecule has 0 saturated carbocycles. The average Bonchev–Trinajstić information content (AvgIpc) is 3.29. The van der Waals surface area contributed by atoms with Crippen molar-refractivity contribution in [3.63, 3.8) is 0 Å². The van der Waals surface area contributed by atoms with Crippen molar-refractivity contribution in [1.82, 2.24) is 0 Å². The standard InChI is InChI=1S/C58H96O6/c1-4-7-10-13-16-19-22-25-27-28-29-31-33-36-39-42-45-48-51-57(60)63-54-55(53-62-56(59)50-47-44-41-38-35-32-24-21-18-15-12-9-6-3)64-58(61)52-49-46-43-40-37-34-30-26-23-20-17-14-11-8-5-2/h8-9,11-12,14-15,17-18,20-21,23-24,26,30,32,35,55H,4-7,10,13,16,19,22,25,27-29,31,33-34,36-54H2,1-3H3/b11-8-,12-9-,17-14-,18-15-,23-20-,24-21-,30-26-,35-32-. The molecule has 1 unspecified atom stereocenters. The normalized spacial score (nSPS) is 12.9. The van der Waals surface area contributed by atoms with Crippen molar-refractivity contribution in [3.8, 4) is 0 Å². The van der Waals surface area contributed by atoms with E-state index in [0.29, 0.717) is 19.3 Å². The summed E-state index contributed by atoms with van der Waals surface area (Å²) in [7, 11) is 0. The van der Waals surface area contributed by atoms with E-state index in [2.05, 4.69) is 57.2 Å². The molecular weight excluding hydrogens is 793 g/mol. The fraction of sp³-hybridized carbons (Fsp3) is 0.672. The van der Waals surface area contributed by atoms with Gasteiger partial charge < -0.3 is 14.2 Å². The highest BCUT2D eigenvalue weighted by Gasteiger charge is 2.19. The van der Waals surface area contributed by atoms with E-state index in [1.807, 2.05) is 60.8 Å². The molecule has 0 aliphatic heterocycles. The van der Waals surface area contributed by atoms with Gasteiger partial charge in [0.2, 0.25) is 0 Å². The fourth-order valence-corrected chi connectivity index (χ4v) is 7.11. The minimum absolute atomic E-state index is 0.0994. The van der Waals surface area contributed by atoms with Gasteiger partial charge in [0.1, 0.15) is 13.2 Å². The highest BCUT2D eigenvalue weighted by atomic mass is 16.6. The summed E-state index contributed by atoms with van der Waals surface area (Å²) in [5.74, 6) is -0.963. The number of esters is 3. The Hall–Kier alpha value is -3.67. The molecule has 0 aromatic heterocycles. The Bertz CT molecular complexity index is 1300. The number of hydrogen-bond donors (Lipinski definition) is 0. The maximum absolute atomic E-state index is 12.8. The lowest BCUT2D eigenvalue weighted by molar-refractivity contribution is -0.167. The molecule has 0 aromatic carbocycles. The van der Waals surface area contributed by atoms with Gasteiger partial charge in [-0.3, -0.25) is 14.4 Å². The molecule has 6 nitrogen and oxygen atoms in total. The van der Waals surface area contributed by atoms with E-state index < -0.39 is 6.10 Å². The van der Waals surface area contributed by atoms with Crippen molar-refractivity contribution in [2.45, 2.75) is 239 Å². The average molecular weight is 889 g/mol. The molecule has 0 radical (unpaired) electrons. The molecule has 64 heavy (non-hydrogen) atoms. The lowest BCUT2D eigenvalue weighted by atomic mass is 10.0. The minimum Gasteiger partial charge on any atom is -0.462 e. The molecule has 364 valence electrons. The Morgan fingerprint density at radius 2 is 0.609 bits per heavy atom. The van der Waals surface area contributed by atoms with Crippen molar-refractivity contribution in [1.29, 1.82) is 0 Å². The number of carbonyl (C=O) groups is 3. The Kier molecular flexibility index (Phi) is 49.0. The maximum atomic E-state index is 12.8. The monoisotopic (exact) mass is 889 g/mol. The van der Waals surface area contributed by atoms with Gasteiger partial charge in [0.25, 0.3) is 0 Å². The lowest BCUT2D eigenvalue weighted by Gasteiger charge is -2.18. The predicted molar refractivity (Wildman–Crippen MR) is 274 cm³/mol. The van der Waals surface area contributed by atoms with Crippen LogP contribution in [0.25, 0.3) is 0 Å². The van der Waals surface area contributed by atoms with Gasteiger partial charge in [0, 0.05) is 19.3 Å². The number of carbonyl (C=O) groups excluding carboxylic acids is 3. The summed E-state index contributed by atoms with van der Waals surface area (Å²) in [5.41, 5.74) is 0. The van der Waals surface area contributed by atoms with Crippen LogP contribution < -0.4 is 0 Å². The van der Waals surface area contributed by atoms with Crippen LogP contribution in [0.15, 0.2) is 97.2 Å². The number of unbranched alkanes of at least 4 members (excludes halogenated alkanes) is 25. The zero-order chi connectivity index (χ0) is 46.5. The summed E-state index contributed by atoms with van der Waals surface area (Å²) in [6.07, 6.45) is 68.2. The zero-order valence-corrected chi connectivity index (χ0v) is 41.5. The summed E-state index contributed by atoms with van der Waals surface area (Å²) in [6.45, 7) is 6.31. The van der Waals surface area contributed by atoms with E-state index in [1.165, 1.54) is 96.3 Å². The Morgan fingerprint density at radius 3 is 0.969 bits per heavy atom. The molecular formula is C58H96O6. The molecule has 0 saturated heterocycles. The first kappa shape index (κ1) is 60.3. The molecule has 1 atom stereocenters. The summed E-state index contributed by atoms with van der Waals surface area (Å²) in [6, 6.07) is 0. The first-order valence-electron chi connectivity index (χ1n) is 26.3. The number of ether oxygens (including phenoxy) is 3. The van der Waals surface area contributed by atoms with E-state index in [-0.39, 0.29) is 31.1 Å². The number of rotatable bonds is 46. The number of allylic oxidation sites excluding steroid dienone is 16. The molecule has 6 heteroatoms. The first-order chi connectivity index (χ1) is 31.5. The second-order valence-corrected chi connectivity index (χ2v) is 17.2. The van der Waals surface area contributed by atoms with Gasteiger partial charge in [-0.05, 0) is 57.8 Å². The molecule has 0 amide bonds. The van der Waals surface area contributed by atoms with E-state index >= 15 is 0 Å². The van der Waals surface area contributed by atoms with Gasteiger partial charge in [0.05, 0.1) is 0 Å². The SMILES string of the molecule is CC\C=C/C=C\C=C/C=C\CCCCCCCC(=O)OC(COC(=O)CCCCC\C=C/C=C\C=C/C=C\CC)COC(=O)CCCCCCCCCCCCCCCCCCCC. The molecule has 0 bridgehead atoms. The van der Waals surface area contributed by atoms with Gasteiger partial charge in [-0.15, -0.1) is 0 Å². The Balaban J connectivity index is 4.44. The highest BCUT2D eigenvalue weighted by Crippen LogP contribution is 2.16. The molecule has 0 rings (SSSR count). The summed E-state index contributed by atoms with van der Waals surface area (Å²) in [4.78, 5) is 38.0. The van der Waals surface area contributed by atoms with Gasteiger partial charge in [0.15, 0.2) is 6.10 Å². The van der Waals surface area contributed by atoms with Crippen LogP contribution in [0.5, 0.6) is 0 Å². The molecule has 0 fully saturated rings. The van der Waals surface area contributed by atoms with Crippen molar-refractivity contribution in [3.05, 3.63) is 97.2 Å². The maximum Gasteiger partial charge on any atom is 0.306 e. The van der Waals surface area contributed by atoms with Crippen molar-refractivity contribution in [2.24, 2.45) is 0 Å². The molecule has 0 spiro atoms. The summed E-state index contributed by atoms with van der Waals surface area (Å²) >= 11 is 0. The molecule has 0 N–H and O–H groups in total. The van der Waals surface area contributed by atoms with E-state index in [1.54, 1.807) is 0 Å². The number of hydrogen-bond acceptors (Lipinski definition) is 6. The molecule has 0 aliphatic rings. The van der Waals surface area contributed by atoms with Gasteiger partial charge >= 0.3 is 17.9 Å². The minimum atomic E-state index is -0.805. The largest absolute Gasteiger partial charge is 0.462 e. The van der Waals surface area contributed by atoms with E-state index in [4.69, 9.17) is 14.2 Å². The summed E-state index contributed by atoms with van der Waals surface area (Å²) < 4.78 is 16.8. The van der Waals surface area contributed by atoms with Crippen LogP contribution in [0.4, 0.5) is 0 Å². The van der Waals surface area contributed by atoms with Gasteiger partial charge in [-0.25, -0.2) is 0 Å². The van der Waals surface area contributed by atoms with Gasteiger partial charge in [-0.2, -0.15) is 0 Å². The second kappa shape index (κ2) is 52.0. The fourth-order valence-electron chi connectivity index (χ4n) is 7.11. The van der Waals surface area contributed by atoms with Crippen LogP contribution >= 0.6 is 0 Å². The van der Waals surface area contributed by atoms with Crippen LogP contribution in [0, 0.1) is 0 Å². The van der Waals surface area contributed by atoms with Crippen LogP contribution in [0.1, 0.15) is 233 Å².